The number of hydroxylamine groups is 1. The number of amides is 1. The summed E-state index contributed by atoms with van der Waals surface area (Å²) in [4.78, 5) is 31.0. The van der Waals surface area contributed by atoms with Gasteiger partial charge in [-0.05, 0) is 24.1 Å². The minimum Gasteiger partial charge on any atom is -0.507 e. The maximum absolute atomic E-state index is 12.6. The van der Waals surface area contributed by atoms with E-state index < -0.39 is 50.4 Å². The summed E-state index contributed by atoms with van der Waals surface area (Å²) in [6, 6.07) is 2.43. The van der Waals surface area contributed by atoms with E-state index in [2.05, 4.69) is 10.0 Å². The quantitative estimate of drug-likeness (QED) is 0.126. The summed E-state index contributed by atoms with van der Waals surface area (Å²) >= 11 is 0. The highest BCUT2D eigenvalue weighted by atomic mass is 32.2. The Balaban J connectivity index is 2.26. The predicted octanol–water partition coefficient (Wildman–Crippen LogP) is 2.41. The number of hydrogen-bond acceptors (Lipinski definition) is 9. The summed E-state index contributed by atoms with van der Waals surface area (Å²) < 4.78 is 32.4. The summed E-state index contributed by atoms with van der Waals surface area (Å²) in [6.45, 7) is 1.78. The molecule has 1 amide bonds. The Hall–Kier alpha value is -3.94. The van der Waals surface area contributed by atoms with E-state index in [9.17, 15) is 33.3 Å². The second-order valence-corrected chi connectivity index (χ2v) is 7.83. The van der Waals surface area contributed by atoms with E-state index in [0.29, 0.717) is 23.5 Å². The van der Waals surface area contributed by atoms with Gasteiger partial charge in [0, 0.05) is 16.7 Å². The predicted molar refractivity (Wildman–Crippen MR) is 107 cm³/mol. The largest absolute Gasteiger partial charge is 0.507 e. The number of phenols is 1. The van der Waals surface area contributed by atoms with Gasteiger partial charge in [-0.3, -0.25) is 13.9 Å². The molecule has 0 aliphatic rings. The first-order chi connectivity index (χ1) is 15.0. The first-order valence-corrected chi connectivity index (χ1v) is 10.4. The standard InChI is InChI=1S/C17H19N5O9S/c1-2-3-4-11(22-14(24)8-13(16(22)26)32(28,29)30)17(27)31-20-15(25)10-6-5-9(19-21-18)7-12(10)23/h5-8,11,23-24,26H,2-4H2,1H3,(H,20,25)(H,28,29,30). The molecule has 0 saturated heterocycles. The van der Waals surface area contributed by atoms with E-state index in [1.54, 1.807) is 12.4 Å². The Morgan fingerprint density at radius 1 is 1.28 bits per heavy atom. The number of carbonyl (C=O) groups excluding carboxylic acids is 2. The molecule has 5 N–H and O–H groups in total. The smallest absolute Gasteiger partial charge is 0.355 e. The van der Waals surface area contributed by atoms with Gasteiger partial charge in [-0.15, -0.1) is 0 Å². The number of azide groups is 1. The van der Waals surface area contributed by atoms with E-state index >= 15 is 0 Å². The van der Waals surface area contributed by atoms with Crippen LogP contribution in [0.4, 0.5) is 5.69 Å². The van der Waals surface area contributed by atoms with Crippen molar-refractivity contribution in [1.29, 1.82) is 0 Å². The van der Waals surface area contributed by atoms with Gasteiger partial charge in [-0.1, -0.05) is 30.9 Å². The van der Waals surface area contributed by atoms with Crippen LogP contribution in [-0.2, 0) is 19.8 Å². The zero-order valence-electron chi connectivity index (χ0n) is 16.5. The van der Waals surface area contributed by atoms with Crippen molar-refractivity contribution in [1.82, 2.24) is 10.0 Å². The first kappa shape index (κ1) is 24.3. The fourth-order valence-electron chi connectivity index (χ4n) is 2.77. The zero-order valence-corrected chi connectivity index (χ0v) is 17.4. The molecule has 0 aliphatic carbocycles. The fraction of sp³-hybridized carbons (Fsp3) is 0.294. The molecule has 0 saturated carbocycles. The molecule has 1 aromatic carbocycles. The molecule has 14 nitrogen and oxygen atoms in total. The van der Waals surface area contributed by atoms with Gasteiger partial charge >= 0.3 is 5.97 Å². The minimum absolute atomic E-state index is 0.0297. The number of carbonyl (C=O) groups is 2. The lowest BCUT2D eigenvalue weighted by atomic mass is 10.1. The molecule has 2 rings (SSSR count). The number of phenolic OH excluding ortho intramolecular Hbond substituents is 1. The number of nitrogens with zero attached hydrogens (tertiary/aromatic N) is 4. The maximum atomic E-state index is 12.6. The lowest BCUT2D eigenvalue weighted by Crippen LogP contribution is -2.31. The molecule has 2 aromatic rings. The molecular weight excluding hydrogens is 450 g/mol. The van der Waals surface area contributed by atoms with Gasteiger partial charge in [0.05, 0.1) is 5.56 Å². The molecule has 172 valence electrons. The van der Waals surface area contributed by atoms with E-state index in [1.165, 1.54) is 6.07 Å². The van der Waals surface area contributed by atoms with Gasteiger partial charge in [-0.25, -0.2) is 4.79 Å². The van der Waals surface area contributed by atoms with Crippen molar-refractivity contribution in [2.24, 2.45) is 5.11 Å². The third-order valence-corrected chi connectivity index (χ3v) is 5.14. The Morgan fingerprint density at radius 3 is 2.50 bits per heavy atom. The molecule has 1 heterocycles. The van der Waals surface area contributed by atoms with Crippen molar-refractivity contribution in [3.05, 3.63) is 40.3 Å². The van der Waals surface area contributed by atoms with E-state index in [4.69, 9.17) is 14.9 Å². The lowest BCUT2D eigenvalue weighted by Gasteiger charge is -2.19. The van der Waals surface area contributed by atoms with Crippen LogP contribution >= 0.6 is 0 Å². The normalized spacial score (nSPS) is 11.9. The van der Waals surface area contributed by atoms with Gasteiger partial charge in [-0.2, -0.15) is 13.9 Å². The SMILES string of the molecule is CCCCC(C(=O)ONC(=O)c1ccc(N=[N+]=[N-])cc1O)n1c(O)cc(S(=O)(=O)O)c1O. The van der Waals surface area contributed by atoms with Gasteiger partial charge in [0.25, 0.3) is 16.0 Å². The summed E-state index contributed by atoms with van der Waals surface area (Å²) in [6.07, 6.45) is 0.932. The molecule has 1 aromatic heterocycles. The number of unbranched alkanes of at least 4 members (excludes halogenated alkanes) is 1. The molecule has 1 atom stereocenters. The third-order valence-electron chi connectivity index (χ3n) is 4.28. The van der Waals surface area contributed by atoms with Crippen molar-refractivity contribution in [2.75, 3.05) is 0 Å². The van der Waals surface area contributed by atoms with Crippen LogP contribution < -0.4 is 5.48 Å². The van der Waals surface area contributed by atoms with Crippen molar-refractivity contribution in [3.8, 4) is 17.5 Å². The Labute approximate surface area is 181 Å². The molecular formula is C17H19N5O9S. The van der Waals surface area contributed by atoms with Crippen LogP contribution in [0.5, 0.6) is 17.5 Å². The highest BCUT2D eigenvalue weighted by molar-refractivity contribution is 7.86. The van der Waals surface area contributed by atoms with Crippen molar-refractivity contribution in [2.45, 2.75) is 37.1 Å². The number of nitrogens with one attached hydrogen (secondary N) is 1. The van der Waals surface area contributed by atoms with E-state index in [0.717, 1.165) is 12.1 Å². The average Bonchev–Trinajstić information content (AvgIpc) is 3.01. The summed E-state index contributed by atoms with van der Waals surface area (Å²) in [5.74, 6) is -4.73. The average molecular weight is 469 g/mol. The number of aromatic hydroxyl groups is 3. The maximum Gasteiger partial charge on any atom is 0.355 e. The lowest BCUT2D eigenvalue weighted by molar-refractivity contribution is -0.153. The summed E-state index contributed by atoms with van der Waals surface area (Å²) in [5, 5.41) is 33.3. The fourth-order valence-corrected chi connectivity index (χ4v) is 3.35. The summed E-state index contributed by atoms with van der Waals surface area (Å²) in [7, 11) is -4.90. The third kappa shape index (κ3) is 5.40. The first-order valence-electron chi connectivity index (χ1n) is 9.01. The van der Waals surface area contributed by atoms with Gasteiger partial charge in [0.2, 0.25) is 5.88 Å². The second kappa shape index (κ2) is 9.91. The zero-order chi connectivity index (χ0) is 24.1. The van der Waals surface area contributed by atoms with Crippen LogP contribution in [0.1, 0.15) is 42.6 Å². The number of hydrogen-bond donors (Lipinski definition) is 5. The van der Waals surface area contributed by atoms with Crippen LogP contribution in [0.3, 0.4) is 0 Å². The van der Waals surface area contributed by atoms with Gasteiger partial charge in [0.15, 0.2) is 10.8 Å². The Kier molecular flexibility index (Phi) is 7.54. The van der Waals surface area contributed by atoms with Gasteiger partial charge < -0.3 is 20.2 Å². The minimum atomic E-state index is -4.90. The Morgan fingerprint density at radius 2 is 1.97 bits per heavy atom. The molecule has 32 heavy (non-hydrogen) atoms. The van der Waals surface area contributed by atoms with Crippen LogP contribution in [0.25, 0.3) is 10.4 Å². The highest BCUT2D eigenvalue weighted by Crippen LogP contribution is 2.36. The second-order valence-electron chi connectivity index (χ2n) is 6.44. The van der Waals surface area contributed by atoms with Crippen molar-refractivity contribution >= 4 is 27.7 Å². The van der Waals surface area contributed by atoms with E-state index in [1.807, 2.05) is 0 Å². The molecule has 0 bridgehead atoms. The van der Waals surface area contributed by atoms with E-state index in [-0.39, 0.29) is 17.7 Å². The molecule has 0 radical (unpaired) electrons. The van der Waals surface area contributed by atoms with Crippen LogP contribution in [0.2, 0.25) is 0 Å². The van der Waals surface area contributed by atoms with Crippen molar-refractivity contribution in [3.63, 3.8) is 0 Å². The molecule has 0 aliphatic heterocycles. The number of aromatic nitrogens is 1. The number of benzene rings is 1. The molecule has 0 spiro atoms. The Bertz CT molecular complexity index is 1190. The van der Waals surface area contributed by atoms with Crippen LogP contribution in [0.15, 0.2) is 34.3 Å². The number of rotatable bonds is 8. The topological polar surface area (TPSA) is 224 Å². The van der Waals surface area contributed by atoms with Gasteiger partial charge in [0.1, 0.15) is 11.8 Å². The molecule has 0 fully saturated rings. The van der Waals surface area contributed by atoms with Crippen LogP contribution in [-0.4, -0.2) is 44.7 Å². The molecule has 1 unspecified atom stereocenters. The highest BCUT2D eigenvalue weighted by Gasteiger charge is 2.32. The van der Waals surface area contributed by atoms with Crippen LogP contribution in [0, 0.1) is 0 Å². The summed E-state index contributed by atoms with van der Waals surface area (Å²) in [5.41, 5.74) is 9.89. The van der Waals surface area contributed by atoms with Crippen molar-refractivity contribution < 1.29 is 42.7 Å². The monoisotopic (exact) mass is 469 g/mol. The molecule has 15 heteroatoms.